The predicted octanol–water partition coefficient (Wildman–Crippen LogP) is 1.07. The third-order valence-electron chi connectivity index (χ3n) is 2.56. The first-order valence-electron chi connectivity index (χ1n) is 5.54. The zero-order valence-electron chi connectivity index (χ0n) is 10.3. The van der Waals surface area contributed by atoms with E-state index in [1.807, 2.05) is 30.3 Å². The Labute approximate surface area is 106 Å². The zero-order valence-corrected chi connectivity index (χ0v) is 10.3. The first-order valence-corrected chi connectivity index (χ1v) is 5.54. The van der Waals surface area contributed by atoms with Gasteiger partial charge in [-0.25, -0.2) is 10.7 Å². The van der Waals surface area contributed by atoms with E-state index < -0.39 is 12.1 Å². The maximum atomic E-state index is 10.8. The number of benzene rings is 1. The second-order valence-corrected chi connectivity index (χ2v) is 3.88. The highest BCUT2D eigenvalue weighted by Crippen LogP contribution is 2.04. The van der Waals surface area contributed by atoms with Crippen LogP contribution in [0.15, 0.2) is 30.3 Å². The van der Waals surface area contributed by atoms with Crippen molar-refractivity contribution in [2.45, 2.75) is 12.6 Å². The van der Waals surface area contributed by atoms with Crippen LogP contribution in [-0.2, 0) is 16.2 Å². The molecule has 6 heteroatoms. The van der Waals surface area contributed by atoms with E-state index in [0.29, 0.717) is 6.61 Å². The van der Waals surface area contributed by atoms with Gasteiger partial charge in [-0.2, -0.15) is 0 Å². The standard InChI is InChI=1S/C12H18N2O4/c1-14(12(15)16)11(9-18-13)8-17-7-10-5-3-2-4-6-10/h2-6,11H,7-9,13H2,1H3,(H,15,16)/t11-/m0/s1. The van der Waals surface area contributed by atoms with E-state index in [1.54, 1.807) is 0 Å². The Bertz CT molecular complexity index is 358. The van der Waals surface area contributed by atoms with Gasteiger partial charge in [-0.3, -0.25) is 0 Å². The summed E-state index contributed by atoms with van der Waals surface area (Å²) in [5.74, 6) is 4.98. The molecule has 1 amide bonds. The zero-order chi connectivity index (χ0) is 13.4. The molecule has 0 radical (unpaired) electrons. The number of hydrogen-bond donors (Lipinski definition) is 2. The van der Waals surface area contributed by atoms with Crippen molar-refractivity contribution in [3.63, 3.8) is 0 Å². The minimum atomic E-state index is -1.04. The van der Waals surface area contributed by atoms with Crippen molar-refractivity contribution in [1.29, 1.82) is 0 Å². The Kier molecular flexibility index (Phi) is 6.13. The van der Waals surface area contributed by atoms with E-state index in [9.17, 15) is 4.79 Å². The van der Waals surface area contributed by atoms with Gasteiger partial charge in [0.2, 0.25) is 0 Å². The number of carboxylic acid groups (broad SMARTS) is 1. The van der Waals surface area contributed by atoms with E-state index in [1.165, 1.54) is 7.05 Å². The Morgan fingerprint density at radius 3 is 2.61 bits per heavy atom. The fourth-order valence-electron chi connectivity index (χ4n) is 1.43. The van der Waals surface area contributed by atoms with Crippen molar-refractivity contribution < 1.29 is 19.5 Å². The van der Waals surface area contributed by atoms with Crippen molar-refractivity contribution in [3.05, 3.63) is 35.9 Å². The summed E-state index contributed by atoms with van der Waals surface area (Å²) in [6, 6.07) is 9.22. The van der Waals surface area contributed by atoms with Crippen LogP contribution in [0.4, 0.5) is 4.79 Å². The highest BCUT2D eigenvalue weighted by Gasteiger charge is 2.19. The smallest absolute Gasteiger partial charge is 0.407 e. The largest absolute Gasteiger partial charge is 0.465 e. The van der Waals surface area contributed by atoms with Crippen molar-refractivity contribution >= 4 is 6.09 Å². The second kappa shape index (κ2) is 7.65. The van der Waals surface area contributed by atoms with Gasteiger partial charge in [-0.1, -0.05) is 30.3 Å². The first-order chi connectivity index (χ1) is 8.65. The van der Waals surface area contributed by atoms with Crippen LogP contribution in [0.5, 0.6) is 0 Å². The molecule has 0 bridgehead atoms. The van der Waals surface area contributed by atoms with Crippen molar-refractivity contribution in [2.24, 2.45) is 5.90 Å². The van der Waals surface area contributed by atoms with Crippen LogP contribution in [0.3, 0.4) is 0 Å². The lowest BCUT2D eigenvalue weighted by molar-refractivity contribution is 0.0114. The molecule has 0 aliphatic heterocycles. The molecule has 6 nitrogen and oxygen atoms in total. The average Bonchev–Trinajstić information content (AvgIpc) is 2.38. The topological polar surface area (TPSA) is 85.0 Å². The number of likely N-dealkylation sites (N-methyl/N-ethyl adjacent to an activating group) is 1. The van der Waals surface area contributed by atoms with Crippen molar-refractivity contribution in [1.82, 2.24) is 4.90 Å². The molecule has 1 rings (SSSR count). The number of amides is 1. The summed E-state index contributed by atoms with van der Waals surface area (Å²) >= 11 is 0. The number of rotatable bonds is 7. The van der Waals surface area contributed by atoms with Gasteiger partial charge in [0.15, 0.2) is 0 Å². The summed E-state index contributed by atoms with van der Waals surface area (Å²) in [5.41, 5.74) is 1.03. The highest BCUT2D eigenvalue weighted by atomic mass is 16.6. The Hall–Kier alpha value is -1.63. The van der Waals surface area contributed by atoms with Crippen LogP contribution in [-0.4, -0.2) is 42.4 Å². The van der Waals surface area contributed by atoms with Gasteiger partial charge >= 0.3 is 6.09 Å². The summed E-state index contributed by atoms with van der Waals surface area (Å²) in [6.45, 7) is 0.752. The van der Waals surface area contributed by atoms with Crippen molar-refractivity contribution in [3.8, 4) is 0 Å². The monoisotopic (exact) mass is 254 g/mol. The van der Waals surface area contributed by atoms with Crippen LogP contribution in [0.2, 0.25) is 0 Å². The Morgan fingerprint density at radius 1 is 1.39 bits per heavy atom. The average molecular weight is 254 g/mol. The van der Waals surface area contributed by atoms with Crippen molar-refractivity contribution in [2.75, 3.05) is 20.3 Å². The number of ether oxygens (including phenoxy) is 1. The lowest BCUT2D eigenvalue weighted by Crippen LogP contribution is -2.43. The molecule has 18 heavy (non-hydrogen) atoms. The van der Waals surface area contributed by atoms with Gasteiger partial charge in [-0.15, -0.1) is 0 Å². The molecule has 1 aromatic rings. The molecular formula is C12H18N2O4. The summed E-state index contributed by atoms with van der Waals surface area (Å²) in [6.07, 6.45) is -1.04. The summed E-state index contributed by atoms with van der Waals surface area (Å²) in [7, 11) is 1.46. The van der Waals surface area contributed by atoms with Crippen LogP contribution in [0, 0.1) is 0 Å². The van der Waals surface area contributed by atoms with E-state index in [0.717, 1.165) is 10.5 Å². The molecule has 0 aliphatic rings. The van der Waals surface area contributed by atoms with E-state index >= 15 is 0 Å². The van der Waals surface area contributed by atoms with E-state index in [4.69, 9.17) is 15.7 Å². The normalized spacial score (nSPS) is 12.1. The molecule has 0 saturated heterocycles. The molecule has 3 N–H and O–H groups in total. The summed E-state index contributed by atoms with van der Waals surface area (Å²) in [4.78, 5) is 16.4. The highest BCUT2D eigenvalue weighted by molar-refractivity contribution is 5.64. The molecule has 0 aliphatic carbocycles. The molecule has 0 spiro atoms. The molecule has 1 aromatic carbocycles. The van der Waals surface area contributed by atoms with Gasteiger partial charge in [0.25, 0.3) is 0 Å². The molecule has 0 heterocycles. The Morgan fingerprint density at radius 2 is 2.06 bits per heavy atom. The SMILES string of the molecule is CN(C(=O)O)[C@H](CON)COCc1ccccc1. The number of hydrogen-bond acceptors (Lipinski definition) is 4. The second-order valence-electron chi connectivity index (χ2n) is 3.88. The summed E-state index contributed by atoms with van der Waals surface area (Å²) in [5, 5.41) is 8.87. The Balaban J connectivity index is 2.40. The van der Waals surface area contributed by atoms with E-state index in [2.05, 4.69) is 4.84 Å². The quantitative estimate of drug-likeness (QED) is 0.711. The third kappa shape index (κ3) is 4.70. The number of carbonyl (C=O) groups is 1. The molecule has 0 aromatic heterocycles. The molecule has 0 fully saturated rings. The molecule has 0 unspecified atom stereocenters. The third-order valence-corrected chi connectivity index (χ3v) is 2.56. The fourth-order valence-corrected chi connectivity index (χ4v) is 1.43. The van der Waals surface area contributed by atoms with Crippen LogP contribution < -0.4 is 5.90 Å². The van der Waals surface area contributed by atoms with Gasteiger partial charge in [0, 0.05) is 7.05 Å². The van der Waals surface area contributed by atoms with Gasteiger partial charge < -0.3 is 19.6 Å². The van der Waals surface area contributed by atoms with Crippen LogP contribution in [0.25, 0.3) is 0 Å². The van der Waals surface area contributed by atoms with Crippen LogP contribution >= 0.6 is 0 Å². The lowest BCUT2D eigenvalue weighted by atomic mass is 10.2. The summed E-state index contributed by atoms with van der Waals surface area (Å²) < 4.78 is 5.47. The fraction of sp³-hybridized carbons (Fsp3) is 0.417. The predicted molar refractivity (Wildman–Crippen MR) is 65.8 cm³/mol. The molecular weight excluding hydrogens is 236 g/mol. The first kappa shape index (κ1) is 14.4. The minimum absolute atomic E-state index is 0.0948. The molecule has 100 valence electrons. The van der Waals surface area contributed by atoms with Crippen LogP contribution in [0.1, 0.15) is 5.56 Å². The number of nitrogens with zero attached hydrogens (tertiary/aromatic N) is 1. The van der Waals surface area contributed by atoms with Gasteiger partial charge in [0.05, 0.1) is 25.9 Å². The maximum Gasteiger partial charge on any atom is 0.407 e. The number of nitrogens with two attached hydrogens (primary N) is 1. The lowest BCUT2D eigenvalue weighted by Gasteiger charge is -2.24. The van der Waals surface area contributed by atoms with Gasteiger partial charge in [-0.05, 0) is 5.56 Å². The maximum absolute atomic E-state index is 10.8. The van der Waals surface area contributed by atoms with E-state index in [-0.39, 0.29) is 13.2 Å². The minimum Gasteiger partial charge on any atom is -0.465 e. The van der Waals surface area contributed by atoms with Gasteiger partial charge in [0.1, 0.15) is 0 Å². The molecule has 1 atom stereocenters. The molecule has 0 saturated carbocycles.